The second-order valence-electron chi connectivity index (χ2n) is 7.09. The van der Waals surface area contributed by atoms with Crippen molar-refractivity contribution < 1.29 is 36.6 Å². The second kappa shape index (κ2) is 9.79. The quantitative estimate of drug-likeness (QED) is 0.438. The molecule has 3 rings (SSSR count). The lowest BCUT2D eigenvalue weighted by molar-refractivity contribution is -0.140. The number of halogens is 5. The van der Waals surface area contributed by atoms with Gasteiger partial charge in [-0.05, 0) is 17.7 Å². The summed E-state index contributed by atoms with van der Waals surface area (Å²) in [7, 11) is 1.96. The molecule has 2 aromatic carbocycles. The summed E-state index contributed by atoms with van der Waals surface area (Å²) in [5.41, 5.74) is 2.54. The molecule has 182 valence electrons. The number of nitriles is 1. The van der Waals surface area contributed by atoms with Crippen molar-refractivity contribution in [1.29, 1.82) is 5.26 Å². The number of methoxy groups -OCH3 is 2. The predicted molar refractivity (Wildman–Crippen MR) is 119 cm³/mol. The fraction of sp³-hybridized carbons (Fsp3) is 0.174. The van der Waals surface area contributed by atoms with Gasteiger partial charge in [-0.1, -0.05) is 46.3 Å². The highest BCUT2D eigenvalue weighted by atomic mass is 79.9. The third-order valence-corrected chi connectivity index (χ3v) is 5.87. The molecule has 1 aliphatic rings. The molecule has 0 spiro atoms. The van der Waals surface area contributed by atoms with E-state index in [0.717, 1.165) is 26.4 Å². The monoisotopic (exact) mass is 553 g/mol. The van der Waals surface area contributed by atoms with Crippen molar-refractivity contribution in [1.82, 2.24) is 0 Å². The fourth-order valence-corrected chi connectivity index (χ4v) is 4.27. The van der Waals surface area contributed by atoms with Gasteiger partial charge in [0.2, 0.25) is 0 Å². The molecule has 35 heavy (non-hydrogen) atoms. The zero-order valence-corrected chi connectivity index (χ0v) is 19.7. The van der Waals surface area contributed by atoms with E-state index in [1.807, 2.05) is 6.07 Å². The predicted octanol–water partition coefficient (Wildman–Crippen LogP) is 4.50. The fourth-order valence-electron chi connectivity index (χ4n) is 3.74. The molecule has 0 saturated heterocycles. The van der Waals surface area contributed by atoms with Gasteiger partial charge in [0.15, 0.2) is 5.82 Å². The zero-order valence-electron chi connectivity index (χ0n) is 18.1. The van der Waals surface area contributed by atoms with Crippen LogP contribution in [0.1, 0.15) is 17.0 Å². The molecular formula is C23H16BrF4N3O4. The van der Waals surface area contributed by atoms with Gasteiger partial charge in [0.1, 0.15) is 17.1 Å². The molecule has 0 aliphatic carbocycles. The van der Waals surface area contributed by atoms with Crippen LogP contribution in [0.3, 0.4) is 0 Å². The second-order valence-corrected chi connectivity index (χ2v) is 7.94. The minimum Gasteiger partial charge on any atom is -0.466 e. The van der Waals surface area contributed by atoms with Crippen molar-refractivity contribution in [2.24, 2.45) is 5.73 Å². The molecule has 1 aliphatic heterocycles. The topological polar surface area (TPSA) is 106 Å². The Kier molecular flexibility index (Phi) is 7.21. The lowest BCUT2D eigenvalue weighted by Gasteiger charge is -2.36. The number of nitrogens with zero attached hydrogens (tertiary/aromatic N) is 2. The highest BCUT2D eigenvalue weighted by Crippen LogP contribution is 2.46. The van der Waals surface area contributed by atoms with Gasteiger partial charge in [-0.3, -0.25) is 4.90 Å². The Labute approximate surface area is 205 Å². The van der Waals surface area contributed by atoms with Crippen molar-refractivity contribution in [2.75, 3.05) is 19.1 Å². The molecule has 0 amide bonds. The van der Waals surface area contributed by atoms with E-state index in [2.05, 4.69) is 15.9 Å². The Morgan fingerprint density at radius 1 is 1.09 bits per heavy atom. The van der Waals surface area contributed by atoms with E-state index < -0.39 is 62.7 Å². The number of ether oxygens (including phenoxy) is 2. The van der Waals surface area contributed by atoms with E-state index >= 15 is 4.39 Å². The minimum atomic E-state index is -5.13. The molecular weight excluding hydrogens is 538 g/mol. The Morgan fingerprint density at radius 2 is 1.69 bits per heavy atom. The summed E-state index contributed by atoms with van der Waals surface area (Å²) in [6.07, 6.45) is -5.13. The van der Waals surface area contributed by atoms with E-state index in [0.29, 0.717) is 10.5 Å². The molecule has 0 aromatic heterocycles. The lowest BCUT2D eigenvalue weighted by Crippen LogP contribution is -2.41. The Balaban J connectivity index is 2.48. The number of hydrogen-bond donors (Lipinski definition) is 1. The summed E-state index contributed by atoms with van der Waals surface area (Å²) in [5.74, 6) is -5.93. The number of alkyl halides is 3. The van der Waals surface area contributed by atoms with E-state index in [4.69, 9.17) is 15.2 Å². The standard InChI is InChI=1S/C23H16BrF4N3O4/c1-34-21(32)16-15(11-6-4-3-5-7-11)12(10-29)20(30)31(19(16)22(33)35-2)14-9-8-13(24)17(18(14)25)23(26,27)28/h3-9,15H,30H2,1-2H3. The van der Waals surface area contributed by atoms with Crippen LogP contribution in [-0.4, -0.2) is 26.2 Å². The van der Waals surface area contributed by atoms with Crippen LogP contribution in [0.15, 0.2) is 69.6 Å². The number of hydrogen-bond acceptors (Lipinski definition) is 7. The Morgan fingerprint density at radius 3 is 2.20 bits per heavy atom. The number of anilines is 1. The smallest absolute Gasteiger partial charge is 0.420 e. The number of allylic oxidation sites excluding steroid dienone is 1. The molecule has 12 heteroatoms. The van der Waals surface area contributed by atoms with E-state index in [1.54, 1.807) is 30.3 Å². The molecule has 0 fully saturated rings. The first kappa shape index (κ1) is 25.8. The number of carbonyl (C=O) groups excluding carboxylic acids is 2. The maximum absolute atomic E-state index is 15.3. The Bertz CT molecular complexity index is 1300. The van der Waals surface area contributed by atoms with E-state index in [-0.39, 0.29) is 5.57 Å². The van der Waals surface area contributed by atoms with E-state index in [9.17, 15) is 28.0 Å². The van der Waals surface area contributed by atoms with Crippen molar-refractivity contribution >= 4 is 33.6 Å². The first-order valence-electron chi connectivity index (χ1n) is 9.70. The maximum Gasteiger partial charge on any atom is 0.420 e. The van der Waals surface area contributed by atoms with Crippen molar-refractivity contribution in [3.05, 3.63) is 86.5 Å². The lowest BCUT2D eigenvalue weighted by atomic mass is 9.81. The Hall–Kier alpha value is -3.85. The zero-order chi connectivity index (χ0) is 26.1. The number of carbonyl (C=O) groups is 2. The summed E-state index contributed by atoms with van der Waals surface area (Å²) in [6.45, 7) is 0. The molecule has 2 aromatic rings. The SMILES string of the molecule is COC(=O)C1=C(C(=O)OC)N(c2ccc(Br)c(C(F)(F)F)c2F)C(N)=C(C#N)C1c1ccccc1. The maximum atomic E-state index is 15.3. The molecule has 1 heterocycles. The first-order chi connectivity index (χ1) is 16.5. The van der Waals surface area contributed by atoms with Crippen molar-refractivity contribution in [2.45, 2.75) is 12.1 Å². The third kappa shape index (κ3) is 4.46. The number of nitrogens with two attached hydrogens (primary N) is 1. The molecule has 0 saturated carbocycles. The van der Waals surface area contributed by atoms with Gasteiger partial charge in [0.25, 0.3) is 0 Å². The molecule has 7 nitrogen and oxygen atoms in total. The number of esters is 2. The normalized spacial score (nSPS) is 16.2. The average Bonchev–Trinajstić information content (AvgIpc) is 2.82. The molecule has 1 unspecified atom stereocenters. The highest BCUT2D eigenvalue weighted by molar-refractivity contribution is 9.10. The third-order valence-electron chi connectivity index (χ3n) is 5.21. The summed E-state index contributed by atoms with van der Waals surface area (Å²) < 4.78 is 65.1. The summed E-state index contributed by atoms with van der Waals surface area (Å²) in [6, 6.07) is 11.6. The minimum absolute atomic E-state index is 0.319. The molecule has 0 radical (unpaired) electrons. The van der Waals surface area contributed by atoms with Gasteiger partial charge in [-0.15, -0.1) is 0 Å². The van der Waals surface area contributed by atoms with Crippen LogP contribution in [0, 0.1) is 17.1 Å². The van der Waals surface area contributed by atoms with Crippen LogP contribution in [0.5, 0.6) is 0 Å². The largest absolute Gasteiger partial charge is 0.466 e. The number of rotatable bonds is 4. The van der Waals surface area contributed by atoms with Gasteiger partial charge in [0, 0.05) is 4.47 Å². The molecule has 2 N–H and O–H groups in total. The van der Waals surface area contributed by atoms with Crippen molar-refractivity contribution in [3.8, 4) is 6.07 Å². The van der Waals surface area contributed by atoms with Crippen LogP contribution in [-0.2, 0) is 25.2 Å². The van der Waals surface area contributed by atoms with Crippen LogP contribution in [0.4, 0.5) is 23.2 Å². The average molecular weight is 554 g/mol. The van der Waals surface area contributed by atoms with Gasteiger partial charge in [0.05, 0.1) is 43.0 Å². The highest BCUT2D eigenvalue weighted by Gasteiger charge is 2.45. The van der Waals surface area contributed by atoms with Crippen molar-refractivity contribution in [3.63, 3.8) is 0 Å². The first-order valence-corrected chi connectivity index (χ1v) is 10.5. The number of benzene rings is 2. The van der Waals surface area contributed by atoms with Gasteiger partial charge in [-0.25, -0.2) is 14.0 Å². The van der Waals surface area contributed by atoms with Gasteiger partial charge >= 0.3 is 18.1 Å². The van der Waals surface area contributed by atoms with Crippen LogP contribution < -0.4 is 10.6 Å². The van der Waals surface area contributed by atoms with Gasteiger partial charge < -0.3 is 15.2 Å². The summed E-state index contributed by atoms with van der Waals surface area (Å²) >= 11 is 2.67. The summed E-state index contributed by atoms with van der Waals surface area (Å²) in [5, 5.41) is 9.92. The molecule has 1 atom stereocenters. The van der Waals surface area contributed by atoms with E-state index in [1.165, 1.54) is 0 Å². The van der Waals surface area contributed by atoms with Gasteiger partial charge in [-0.2, -0.15) is 18.4 Å². The summed E-state index contributed by atoms with van der Waals surface area (Å²) in [4.78, 5) is 26.4. The van der Waals surface area contributed by atoms with Crippen LogP contribution >= 0.6 is 15.9 Å². The molecule has 0 bridgehead atoms. The van der Waals surface area contributed by atoms with Crippen LogP contribution in [0.2, 0.25) is 0 Å². The van der Waals surface area contributed by atoms with Crippen LogP contribution in [0.25, 0.3) is 0 Å².